The third kappa shape index (κ3) is 3.85. The Morgan fingerprint density at radius 3 is 2.81 bits per heavy atom. The fourth-order valence-corrected chi connectivity index (χ4v) is 4.65. The average Bonchev–Trinajstić information content (AvgIpc) is 2.98. The van der Waals surface area contributed by atoms with Gasteiger partial charge in [0.1, 0.15) is 10.6 Å². The second-order valence-corrected chi connectivity index (χ2v) is 7.61. The minimum atomic E-state index is -0.612. The van der Waals surface area contributed by atoms with Gasteiger partial charge in [0, 0.05) is 10.9 Å². The molecule has 0 aliphatic heterocycles. The molecule has 1 unspecified atom stereocenters. The number of nitrogens with zero attached hydrogens (tertiary/aromatic N) is 1. The van der Waals surface area contributed by atoms with Crippen molar-refractivity contribution >= 4 is 33.9 Å². The van der Waals surface area contributed by atoms with E-state index >= 15 is 0 Å². The number of nitro benzene ring substituents is 1. The molecule has 1 atom stereocenters. The van der Waals surface area contributed by atoms with Crippen LogP contribution in [0.15, 0.2) is 24.3 Å². The molecule has 1 amide bonds. The number of carbonyl (C=O) groups is 2. The number of hydrogen-bond donors (Lipinski definition) is 1. The van der Waals surface area contributed by atoms with E-state index in [0.29, 0.717) is 16.5 Å². The summed E-state index contributed by atoms with van der Waals surface area (Å²) in [5, 5.41) is 14.3. The predicted octanol–water partition coefficient (Wildman–Crippen LogP) is 4.21. The number of ether oxygens (including phenoxy) is 1. The van der Waals surface area contributed by atoms with Crippen LogP contribution < -0.4 is 5.32 Å². The smallest absolute Gasteiger partial charge is 0.341 e. The van der Waals surface area contributed by atoms with Crippen molar-refractivity contribution in [2.24, 2.45) is 5.92 Å². The lowest BCUT2D eigenvalue weighted by Crippen LogP contribution is -2.17. The van der Waals surface area contributed by atoms with Crippen LogP contribution in [0.5, 0.6) is 0 Å². The van der Waals surface area contributed by atoms with E-state index in [9.17, 15) is 19.7 Å². The van der Waals surface area contributed by atoms with E-state index in [1.807, 2.05) is 0 Å². The first-order valence-corrected chi connectivity index (χ1v) is 9.60. The van der Waals surface area contributed by atoms with Crippen molar-refractivity contribution < 1.29 is 19.2 Å². The van der Waals surface area contributed by atoms with Crippen molar-refractivity contribution in [2.45, 2.75) is 33.1 Å². The molecule has 1 aromatic heterocycles. The third-order valence-electron chi connectivity index (χ3n) is 4.56. The largest absolute Gasteiger partial charge is 0.462 e. The fraction of sp³-hybridized carbons (Fsp3) is 0.368. The van der Waals surface area contributed by atoms with Crippen molar-refractivity contribution in [3.63, 3.8) is 0 Å². The minimum absolute atomic E-state index is 0.0444. The van der Waals surface area contributed by atoms with Crippen molar-refractivity contribution in [3.05, 3.63) is 55.9 Å². The van der Waals surface area contributed by atoms with Crippen LogP contribution in [0.25, 0.3) is 0 Å². The van der Waals surface area contributed by atoms with Crippen LogP contribution >= 0.6 is 11.3 Å². The highest BCUT2D eigenvalue weighted by molar-refractivity contribution is 7.17. The zero-order chi connectivity index (χ0) is 19.6. The lowest BCUT2D eigenvalue weighted by molar-refractivity contribution is -0.385. The van der Waals surface area contributed by atoms with Gasteiger partial charge in [-0.25, -0.2) is 4.79 Å². The van der Waals surface area contributed by atoms with Crippen LogP contribution in [0.2, 0.25) is 0 Å². The summed E-state index contributed by atoms with van der Waals surface area (Å²) in [4.78, 5) is 36.8. The molecule has 1 aliphatic rings. The summed E-state index contributed by atoms with van der Waals surface area (Å²) >= 11 is 1.35. The van der Waals surface area contributed by atoms with Gasteiger partial charge in [0.15, 0.2) is 0 Å². The van der Waals surface area contributed by atoms with Crippen LogP contribution in [0, 0.1) is 16.0 Å². The first kappa shape index (κ1) is 19.0. The number of benzene rings is 1. The minimum Gasteiger partial charge on any atom is -0.462 e. The topological polar surface area (TPSA) is 98.5 Å². The van der Waals surface area contributed by atoms with Crippen molar-refractivity contribution in [3.8, 4) is 0 Å². The first-order chi connectivity index (χ1) is 12.9. The molecule has 3 rings (SSSR count). The van der Waals surface area contributed by atoms with Gasteiger partial charge in [-0.3, -0.25) is 14.9 Å². The Morgan fingerprint density at radius 2 is 2.11 bits per heavy atom. The van der Waals surface area contributed by atoms with Crippen LogP contribution in [-0.4, -0.2) is 23.4 Å². The standard InChI is InChI=1S/C19H20N2O5S/c1-3-26-19(23)16-13-9-8-11(2)10-15(13)27-18(16)20-17(22)12-6-4-5-7-14(12)21(24)25/h4-7,11H,3,8-10H2,1-2H3,(H,20,22). The van der Waals surface area contributed by atoms with Crippen molar-refractivity contribution in [1.29, 1.82) is 0 Å². The maximum atomic E-state index is 12.7. The molecule has 1 heterocycles. The maximum Gasteiger partial charge on any atom is 0.341 e. The van der Waals surface area contributed by atoms with E-state index in [0.717, 1.165) is 29.7 Å². The van der Waals surface area contributed by atoms with Gasteiger partial charge in [-0.15, -0.1) is 11.3 Å². The second-order valence-electron chi connectivity index (χ2n) is 6.50. The molecule has 7 nitrogen and oxygen atoms in total. The van der Waals surface area contributed by atoms with Gasteiger partial charge in [-0.1, -0.05) is 19.1 Å². The zero-order valence-corrected chi connectivity index (χ0v) is 15.9. The van der Waals surface area contributed by atoms with E-state index < -0.39 is 16.8 Å². The van der Waals surface area contributed by atoms with Gasteiger partial charge in [0.2, 0.25) is 0 Å². The number of amides is 1. The summed E-state index contributed by atoms with van der Waals surface area (Å²) in [7, 11) is 0. The number of rotatable bonds is 5. The summed E-state index contributed by atoms with van der Waals surface area (Å²) in [6, 6.07) is 5.74. The molecule has 0 spiro atoms. The summed E-state index contributed by atoms with van der Waals surface area (Å²) in [5.74, 6) is -0.577. The summed E-state index contributed by atoms with van der Waals surface area (Å²) in [5.41, 5.74) is 0.991. The number of fused-ring (bicyclic) bond motifs is 1. The molecule has 1 aromatic carbocycles. The van der Waals surface area contributed by atoms with Gasteiger partial charge < -0.3 is 10.1 Å². The number of nitro groups is 1. The lowest BCUT2D eigenvalue weighted by Gasteiger charge is -2.18. The zero-order valence-electron chi connectivity index (χ0n) is 15.1. The van der Waals surface area contributed by atoms with E-state index in [4.69, 9.17) is 4.74 Å². The van der Waals surface area contributed by atoms with Gasteiger partial charge in [0.05, 0.1) is 17.1 Å². The quantitative estimate of drug-likeness (QED) is 0.470. The SMILES string of the molecule is CCOC(=O)c1c(NC(=O)c2ccccc2[N+](=O)[O-])sc2c1CCC(C)C2. The van der Waals surface area contributed by atoms with Crippen molar-refractivity contribution in [1.82, 2.24) is 0 Å². The molecule has 1 N–H and O–H groups in total. The third-order valence-corrected chi connectivity index (χ3v) is 5.73. The molecule has 2 aromatic rings. The van der Waals surface area contributed by atoms with Crippen LogP contribution in [0.3, 0.4) is 0 Å². The van der Waals surface area contributed by atoms with E-state index in [-0.39, 0.29) is 17.9 Å². The second kappa shape index (κ2) is 7.87. The van der Waals surface area contributed by atoms with Gasteiger partial charge in [-0.05, 0) is 43.7 Å². The molecule has 0 saturated heterocycles. The lowest BCUT2D eigenvalue weighted by atomic mass is 9.88. The fourth-order valence-electron chi connectivity index (χ4n) is 3.25. The molecule has 0 saturated carbocycles. The Labute approximate surface area is 160 Å². The highest BCUT2D eigenvalue weighted by atomic mass is 32.1. The molecule has 0 fully saturated rings. The predicted molar refractivity (Wildman–Crippen MR) is 103 cm³/mol. The number of esters is 1. The molecule has 0 bridgehead atoms. The molecular weight excluding hydrogens is 368 g/mol. The summed E-state index contributed by atoms with van der Waals surface area (Å²) in [6.45, 7) is 4.11. The number of carbonyl (C=O) groups excluding carboxylic acids is 2. The first-order valence-electron chi connectivity index (χ1n) is 8.78. The van der Waals surface area contributed by atoms with E-state index in [1.54, 1.807) is 13.0 Å². The number of nitrogens with one attached hydrogen (secondary N) is 1. The number of anilines is 1. The average molecular weight is 388 g/mol. The Kier molecular flexibility index (Phi) is 5.55. The number of hydrogen-bond acceptors (Lipinski definition) is 6. The summed E-state index contributed by atoms with van der Waals surface area (Å²) in [6.07, 6.45) is 2.56. The number of thiophene rings is 1. The van der Waals surface area contributed by atoms with Gasteiger partial charge in [0.25, 0.3) is 11.6 Å². The van der Waals surface area contributed by atoms with Crippen LogP contribution in [0.1, 0.15) is 51.4 Å². The molecule has 1 aliphatic carbocycles. The highest BCUT2D eigenvalue weighted by Gasteiger charge is 2.30. The Balaban J connectivity index is 1.98. The molecule has 8 heteroatoms. The Morgan fingerprint density at radius 1 is 1.37 bits per heavy atom. The Hall–Kier alpha value is -2.74. The molecule has 27 heavy (non-hydrogen) atoms. The Bertz CT molecular complexity index is 906. The molecular formula is C19H20N2O5S. The van der Waals surface area contributed by atoms with Gasteiger partial charge >= 0.3 is 5.97 Å². The highest BCUT2D eigenvalue weighted by Crippen LogP contribution is 2.40. The van der Waals surface area contributed by atoms with Crippen LogP contribution in [-0.2, 0) is 17.6 Å². The monoisotopic (exact) mass is 388 g/mol. The maximum absolute atomic E-state index is 12.7. The van der Waals surface area contributed by atoms with E-state index in [1.165, 1.54) is 29.5 Å². The van der Waals surface area contributed by atoms with Crippen molar-refractivity contribution in [2.75, 3.05) is 11.9 Å². The number of para-hydroxylation sites is 1. The van der Waals surface area contributed by atoms with Gasteiger partial charge in [-0.2, -0.15) is 0 Å². The molecule has 0 radical (unpaired) electrons. The van der Waals surface area contributed by atoms with E-state index in [2.05, 4.69) is 12.2 Å². The molecule has 142 valence electrons. The summed E-state index contributed by atoms with van der Waals surface area (Å²) < 4.78 is 5.18. The van der Waals surface area contributed by atoms with Crippen LogP contribution in [0.4, 0.5) is 10.7 Å². The normalized spacial score (nSPS) is 15.7.